The topological polar surface area (TPSA) is 105 Å². The second kappa shape index (κ2) is 11.8. The minimum Gasteiger partial charge on any atom is -0.350 e. The number of aryl methyl sites for hydroxylation is 1. The highest BCUT2D eigenvalue weighted by molar-refractivity contribution is 6.04. The molecule has 0 bridgehead atoms. The Bertz CT molecular complexity index is 1320. The minimum absolute atomic E-state index is 0.156. The molecule has 0 aliphatic carbocycles. The van der Waals surface area contributed by atoms with Crippen molar-refractivity contribution in [2.45, 2.75) is 64.1 Å². The number of rotatable bonds is 7. The molecule has 3 atom stereocenters. The van der Waals surface area contributed by atoms with Crippen LogP contribution >= 0.6 is 0 Å². The molecule has 1 aliphatic rings. The third-order valence-electron chi connectivity index (χ3n) is 6.86. The van der Waals surface area contributed by atoms with Crippen LogP contribution < -0.4 is 21.3 Å². The zero-order chi connectivity index (χ0) is 28.2. The van der Waals surface area contributed by atoms with E-state index >= 15 is 0 Å². The number of hydrogen-bond acceptors (Lipinski definition) is 4. The fraction of sp³-hybridized carbons (Fsp3) is 0.344. The molecule has 4 rings (SSSR count). The van der Waals surface area contributed by atoms with Gasteiger partial charge in [-0.2, -0.15) is 0 Å². The Morgan fingerprint density at radius 2 is 1.64 bits per heavy atom. The van der Waals surface area contributed by atoms with E-state index in [9.17, 15) is 14.4 Å². The number of carbonyl (C=O) groups is 3. The van der Waals surface area contributed by atoms with Crippen molar-refractivity contribution in [1.29, 1.82) is 0 Å². The number of nitrogens with zero attached hydrogens (tertiary/aromatic N) is 1. The summed E-state index contributed by atoms with van der Waals surface area (Å²) in [7, 11) is 0. The molecule has 4 N–H and O–H groups in total. The Balaban J connectivity index is 1.70. The molecule has 0 fully saturated rings. The predicted molar refractivity (Wildman–Crippen MR) is 154 cm³/mol. The summed E-state index contributed by atoms with van der Waals surface area (Å²) in [5, 5.41) is 5.90. The van der Waals surface area contributed by atoms with Crippen LogP contribution in [0.25, 0.3) is 0 Å². The molecule has 1 heterocycles. The highest BCUT2D eigenvalue weighted by Crippen LogP contribution is 2.39. The number of anilines is 1. The summed E-state index contributed by atoms with van der Waals surface area (Å²) in [6, 6.07) is 23.8. The van der Waals surface area contributed by atoms with Gasteiger partial charge in [0, 0.05) is 17.1 Å². The monoisotopic (exact) mass is 526 g/mol. The van der Waals surface area contributed by atoms with Gasteiger partial charge in [0.15, 0.2) is 0 Å². The van der Waals surface area contributed by atoms with Gasteiger partial charge < -0.3 is 21.3 Å². The first-order valence-corrected chi connectivity index (χ1v) is 13.4. The lowest BCUT2D eigenvalue weighted by atomic mass is 9.85. The van der Waals surface area contributed by atoms with Gasteiger partial charge in [-0.25, -0.2) is 0 Å². The van der Waals surface area contributed by atoms with Crippen LogP contribution in [-0.2, 0) is 20.8 Å². The largest absolute Gasteiger partial charge is 0.350 e. The number of nitrogens with one attached hydrogen (secondary N) is 2. The molecule has 39 heavy (non-hydrogen) atoms. The van der Waals surface area contributed by atoms with E-state index in [0.717, 1.165) is 22.3 Å². The number of fused-ring (bicyclic) bond motifs is 1. The lowest BCUT2D eigenvalue weighted by molar-refractivity contribution is -0.129. The van der Waals surface area contributed by atoms with Crippen molar-refractivity contribution < 1.29 is 14.4 Å². The Kier molecular flexibility index (Phi) is 8.51. The summed E-state index contributed by atoms with van der Waals surface area (Å²) in [4.78, 5) is 42.0. The van der Waals surface area contributed by atoms with Crippen LogP contribution in [0.1, 0.15) is 55.4 Å². The lowest BCUT2D eigenvalue weighted by Crippen LogP contribution is -2.55. The van der Waals surface area contributed by atoms with E-state index in [-0.39, 0.29) is 24.3 Å². The zero-order valence-electron chi connectivity index (χ0n) is 23.1. The summed E-state index contributed by atoms with van der Waals surface area (Å²) in [5.41, 5.74) is 10.4. The van der Waals surface area contributed by atoms with E-state index < -0.39 is 23.5 Å². The van der Waals surface area contributed by atoms with Crippen molar-refractivity contribution in [2.24, 2.45) is 5.73 Å². The van der Waals surface area contributed by atoms with Gasteiger partial charge in [-0.3, -0.25) is 14.4 Å². The van der Waals surface area contributed by atoms with Gasteiger partial charge in [0.25, 0.3) is 0 Å². The number of amides is 3. The number of nitrogens with two attached hydrogens (primary N) is 1. The lowest BCUT2D eigenvalue weighted by Gasteiger charge is -2.28. The summed E-state index contributed by atoms with van der Waals surface area (Å²) < 4.78 is 0. The quantitative estimate of drug-likeness (QED) is 0.435. The van der Waals surface area contributed by atoms with Gasteiger partial charge in [-0.1, -0.05) is 72.8 Å². The van der Waals surface area contributed by atoms with E-state index in [1.54, 1.807) is 0 Å². The molecule has 3 unspecified atom stereocenters. The van der Waals surface area contributed by atoms with Crippen molar-refractivity contribution in [3.63, 3.8) is 0 Å². The average molecular weight is 527 g/mol. The van der Waals surface area contributed by atoms with Crippen molar-refractivity contribution in [1.82, 2.24) is 10.6 Å². The molecular weight excluding hydrogens is 488 g/mol. The fourth-order valence-corrected chi connectivity index (χ4v) is 5.08. The maximum absolute atomic E-state index is 14.1. The number of benzene rings is 3. The van der Waals surface area contributed by atoms with E-state index in [2.05, 4.69) is 10.6 Å². The third-order valence-corrected chi connectivity index (χ3v) is 6.86. The molecule has 204 valence electrons. The fourth-order valence-electron chi connectivity index (χ4n) is 5.08. The third kappa shape index (κ3) is 7.12. The van der Waals surface area contributed by atoms with Gasteiger partial charge >= 0.3 is 0 Å². The Morgan fingerprint density at radius 1 is 1.00 bits per heavy atom. The second-order valence-electron chi connectivity index (χ2n) is 11.3. The van der Waals surface area contributed by atoms with Gasteiger partial charge in [0.1, 0.15) is 12.6 Å². The van der Waals surface area contributed by atoms with E-state index in [1.165, 1.54) is 4.90 Å². The number of carbonyl (C=O) groups excluding carboxylic acids is 3. The maximum atomic E-state index is 14.1. The Morgan fingerprint density at radius 3 is 2.28 bits per heavy atom. The van der Waals surface area contributed by atoms with Gasteiger partial charge in [-0.15, -0.1) is 0 Å². The van der Waals surface area contributed by atoms with Crippen LogP contribution in [0.2, 0.25) is 0 Å². The molecule has 7 nitrogen and oxygen atoms in total. The number of hydrogen-bond donors (Lipinski definition) is 3. The smallest absolute Gasteiger partial charge is 0.250 e. The highest BCUT2D eigenvalue weighted by atomic mass is 16.2. The normalized spacial score (nSPS) is 18.1. The molecule has 0 spiro atoms. The molecule has 0 saturated carbocycles. The molecule has 3 aromatic carbocycles. The zero-order valence-corrected chi connectivity index (χ0v) is 23.1. The van der Waals surface area contributed by atoms with Crippen molar-refractivity contribution in [2.75, 3.05) is 11.4 Å². The summed E-state index contributed by atoms with van der Waals surface area (Å²) in [6.07, 6.45) is 0.701. The summed E-state index contributed by atoms with van der Waals surface area (Å²) in [5.74, 6) is -1.17. The molecule has 3 aromatic rings. The van der Waals surface area contributed by atoms with Crippen LogP contribution in [0.4, 0.5) is 5.69 Å². The standard InChI is InChI=1S/C32H38N4O3/c1-21-15-16-24-25(23-13-9-6-10-14-23)19-27(34-30(38)26(33)18-22-11-7-5-8-12-22)31(39)36(28(24)17-21)20-29(37)35-32(2,3)4/h5-17,25-27H,18-20,33H2,1-4H3,(H,34,38)(H,35,37). The van der Waals surface area contributed by atoms with Gasteiger partial charge in [0.2, 0.25) is 17.7 Å². The minimum atomic E-state index is -0.861. The SMILES string of the molecule is Cc1ccc2c(c1)N(CC(=O)NC(C)(C)C)C(=O)C(NC(=O)C(N)Cc1ccccc1)CC2c1ccccc1. The van der Waals surface area contributed by atoms with E-state index in [4.69, 9.17) is 5.73 Å². The average Bonchev–Trinajstić information content (AvgIpc) is 2.99. The summed E-state index contributed by atoms with van der Waals surface area (Å²) >= 11 is 0. The first-order chi connectivity index (χ1) is 18.5. The van der Waals surface area contributed by atoms with Crippen molar-refractivity contribution in [3.05, 3.63) is 101 Å². The van der Waals surface area contributed by atoms with Crippen LogP contribution in [0.15, 0.2) is 78.9 Å². The Hall–Kier alpha value is -3.97. The maximum Gasteiger partial charge on any atom is 0.250 e. The van der Waals surface area contributed by atoms with Gasteiger partial charge in [-0.05, 0) is 68.9 Å². The molecule has 0 radical (unpaired) electrons. The second-order valence-corrected chi connectivity index (χ2v) is 11.3. The molecule has 0 saturated heterocycles. The summed E-state index contributed by atoms with van der Waals surface area (Å²) in [6.45, 7) is 7.50. The molecule has 1 aliphatic heterocycles. The van der Waals surface area contributed by atoms with Crippen molar-refractivity contribution >= 4 is 23.4 Å². The highest BCUT2D eigenvalue weighted by Gasteiger charge is 2.38. The molecular formula is C32H38N4O3. The Labute approximate surface area is 230 Å². The predicted octanol–water partition coefficient (Wildman–Crippen LogP) is 3.83. The van der Waals surface area contributed by atoms with Gasteiger partial charge in [0.05, 0.1) is 6.04 Å². The van der Waals surface area contributed by atoms with E-state index in [1.807, 2.05) is 107 Å². The van der Waals surface area contributed by atoms with Crippen molar-refractivity contribution in [3.8, 4) is 0 Å². The molecule has 7 heteroatoms. The molecule has 0 aromatic heterocycles. The van der Waals surface area contributed by atoms with Crippen LogP contribution in [0, 0.1) is 6.92 Å². The molecule has 3 amide bonds. The first kappa shape index (κ1) is 28.0. The van der Waals surface area contributed by atoms with Crippen LogP contribution in [0.3, 0.4) is 0 Å². The first-order valence-electron chi connectivity index (χ1n) is 13.4. The van der Waals surface area contributed by atoms with E-state index in [0.29, 0.717) is 18.5 Å². The van der Waals surface area contributed by atoms with Crippen LogP contribution in [-0.4, -0.2) is 41.9 Å². The van der Waals surface area contributed by atoms with Crippen LogP contribution in [0.5, 0.6) is 0 Å².